The first-order valence-electron chi connectivity index (χ1n) is 8.06. The van der Waals surface area contributed by atoms with Crippen LogP contribution in [0, 0.1) is 23.7 Å². The lowest BCUT2D eigenvalue weighted by molar-refractivity contribution is -0.146. The minimum atomic E-state index is -3.33. The number of thiazole rings is 1. The van der Waals surface area contributed by atoms with Crippen LogP contribution in [0.5, 0.6) is 0 Å². The molecule has 0 unspecified atom stereocenters. The van der Waals surface area contributed by atoms with Crippen molar-refractivity contribution in [2.45, 2.75) is 11.3 Å². The molecule has 1 amide bonds. The molecule has 4 atom stereocenters. The summed E-state index contributed by atoms with van der Waals surface area (Å²) in [5, 5.41) is 12.5. The standard InChI is InChI=1S/C17H16N2O5S2/c1-26(23,24)10-4-5-11-12(7-10)25-17(18-11)19-15(20)13-8-2-3-9(6-8)14(13)16(21)22/h2-5,7-9,13-14H,6H2,1H3,(H,21,22)(H,18,19,20)/t8-,9-,13+,14+/m0/s1. The predicted molar refractivity (Wildman–Crippen MR) is 96.7 cm³/mol. The van der Waals surface area contributed by atoms with Crippen LogP contribution in [0.4, 0.5) is 5.13 Å². The number of sulfone groups is 1. The van der Waals surface area contributed by atoms with Crippen LogP contribution in [0.15, 0.2) is 35.2 Å². The molecule has 1 heterocycles. The second kappa shape index (κ2) is 5.88. The maximum absolute atomic E-state index is 12.7. The summed E-state index contributed by atoms with van der Waals surface area (Å²) in [7, 11) is -3.33. The number of hydrogen-bond acceptors (Lipinski definition) is 6. The zero-order valence-electron chi connectivity index (χ0n) is 13.7. The zero-order valence-corrected chi connectivity index (χ0v) is 15.4. The van der Waals surface area contributed by atoms with Crippen molar-refractivity contribution in [2.75, 3.05) is 11.6 Å². The van der Waals surface area contributed by atoms with E-state index in [-0.39, 0.29) is 22.6 Å². The summed E-state index contributed by atoms with van der Waals surface area (Å²) in [6.07, 6.45) is 5.63. The van der Waals surface area contributed by atoms with Crippen molar-refractivity contribution in [1.82, 2.24) is 4.98 Å². The van der Waals surface area contributed by atoms with Crippen LogP contribution in [-0.4, -0.2) is 36.6 Å². The lowest BCUT2D eigenvalue weighted by atomic mass is 9.82. The van der Waals surface area contributed by atoms with E-state index >= 15 is 0 Å². The zero-order chi connectivity index (χ0) is 18.6. The van der Waals surface area contributed by atoms with E-state index in [4.69, 9.17) is 0 Å². The van der Waals surface area contributed by atoms with Gasteiger partial charge in [0.2, 0.25) is 5.91 Å². The van der Waals surface area contributed by atoms with Crippen molar-refractivity contribution in [1.29, 1.82) is 0 Å². The number of benzene rings is 1. The van der Waals surface area contributed by atoms with Crippen LogP contribution in [-0.2, 0) is 19.4 Å². The van der Waals surface area contributed by atoms with E-state index in [0.717, 1.165) is 6.26 Å². The quantitative estimate of drug-likeness (QED) is 0.771. The molecule has 2 bridgehead atoms. The Morgan fingerprint density at radius 3 is 2.58 bits per heavy atom. The summed E-state index contributed by atoms with van der Waals surface area (Å²) in [5.74, 6) is -2.79. The van der Waals surface area contributed by atoms with Gasteiger partial charge in [0.15, 0.2) is 15.0 Å². The number of hydrogen-bond donors (Lipinski definition) is 2. The second-order valence-electron chi connectivity index (χ2n) is 6.75. The Bertz CT molecular complexity index is 1060. The number of fused-ring (bicyclic) bond motifs is 3. The molecule has 0 aliphatic heterocycles. The fourth-order valence-corrected chi connectivity index (χ4v) is 5.52. The highest BCUT2D eigenvalue weighted by Gasteiger charge is 2.51. The Labute approximate surface area is 153 Å². The molecule has 136 valence electrons. The number of anilines is 1. The summed E-state index contributed by atoms with van der Waals surface area (Å²) in [4.78, 5) is 28.7. The number of carbonyl (C=O) groups excluding carboxylic acids is 1. The predicted octanol–water partition coefficient (Wildman–Crippen LogP) is 2.16. The SMILES string of the molecule is CS(=O)(=O)c1ccc2nc(NC(=O)[C@H]3[C@H](C(=O)O)[C@H]4C=C[C@H]3C4)sc2c1. The minimum Gasteiger partial charge on any atom is -0.481 e. The molecule has 0 radical (unpaired) electrons. The van der Waals surface area contributed by atoms with Crippen molar-refractivity contribution in [3.8, 4) is 0 Å². The average Bonchev–Trinajstić information content (AvgIpc) is 3.25. The maximum atomic E-state index is 12.7. The van der Waals surface area contributed by atoms with Crippen molar-refractivity contribution in [3.05, 3.63) is 30.4 Å². The Hall–Kier alpha value is -2.26. The van der Waals surface area contributed by atoms with E-state index in [2.05, 4.69) is 10.3 Å². The maximum Gasteiger partial charge on any atom is 0.307 e. The van der Waals surface area contributed by atoms with Gasteiger partial charge in [-0.25, -0.2) is 13.4 Å². The minimum absolute atomic E-state index is 0.0627. The highest BCUT2D eigenvalue weighted by Crippen LogP contribution is 2.48. The number of aromatic nitrogens is 1. The van der Waals surface area contributed by atoms with Gasteiger partial charge in [0.05, 0.1) is 26.9 Å². The molecule has 2 N–H and O–H groups in total. The number of rotatable bonds is 4. The normalized spacial score (nSPS) is 27.1. The molecule has 7 nitrogen and oxygen atoms in total. The molecule has 1 aromatic heterocycles. The van der Waals surface area contributed by atoms with Crippen LogP contribution in [0.25, 0.3) is 10.2 Å². The molecule has 2 aromatic rings. The molecule has 9 heteroatoms. The number of allylic oxidation sites excluding steroid dienone is 2. The summed E-state index contributed by atoms with van der Waals surface area (Å²) >= 11 is 1.17. The van der Waals surface area contributed by atoms with E-state index in [1.165, 1.54) is 23.5 Å². The van der Waals surface area contributed by atoms with Crippen molar-refractivity contribution in [3.63, 3.8) is 0 Å². The first-order chi connectivity index (χ1) is 12.2. The van der Waals surface area contributed by atoms with Gasteiger partial charge >= 0.3 is 5.97 Å². The van der Waals surface area contributed by atoms with E-state index in [1.807, 2.05) is 12.2 Å². The number of carboxylic acid groups (broad SMARTS) is 1. The Kier molecular flexibility index (Phi) is 3.89. The van der Waals surface area contributed by atoms with E-state index < -0.39 is 27.6 Å². The Morgan fingerprint density at radius 1 is 1.23 bits per heavy atom. The van der Waals surface area contributed by atoms with Gasteiger partial charge in [0.25, 0.3) is 0 Å². The monoisotopic (exact) mass is 392 g/mol. The van der Waals surface area contributed by atoms with Crippen LogP contribution in [0.3, 0.4) is 0 Å². The summed E-state index contributed by atoms with van der Waals surface area (Å²) in [6, 6.07) is 4.60. The molecule has 1 aromatic carbocycles. The van der Waals surface area contributed by atoms with E-state index in [0.29, 0.717) is 21.8 Å². The highest BCUT2D eigenvalue weighted by atomic mass is 32.2. The van der Waals surface area contributed by atoms with Gasteiger partial charge in [0.1, 0.15) is 0 Å². The summed E-state index contributed by atoms with van der Waals surface area (Å²) in [5.41, 5.74) is 0.584. The Morgan fingerprint density at radius 2 is 1.92 bits per heavy atom. The van der Waals surface area contributed by atoms with Crippen molar-refractivity contribution < 1.29 is 23.1 Å². The number of carboxylic acids is 1. The topological polar surface area (TPSA) is 113 Å². The third kappa shape index (κ3) is 2.80. The molecule has 0 spiro atoms. The summed E-state index contributed by atoms with van der Waals surface area (Å²) in [6.45, 7) is 0. The van der Waals surface area contributed by atoms with Crippen LogP contribution in [0.1, 0.15) is 6.42 Å². The van der Waals surface area contributed by atoms with Crippen LogP contribution in [0.2, 0.25) is 0 Å². The van der Waals surface area contributed by atoms with Crippen LogP contribution < -0.4 is 5.32 Å². The van der Waals surface area contributed by atoms with Crippen molar-refractivity contribution in [2.24, 2.45) is 23.7 Å². The third-order valence-corrected chi connectivity index (χ3v) is 7.11. The van der Waals surface area contributed by atoms with Gasteiger partial charge in [-0.15, -0.1) is 0 Å². The fourth-order valence-electron chi connectivity index (χ4n) is 3.89. The molecule has 2 aliphatic rings. The van der Waals surface area contributed by atoms with Gasteiger partial charge < -0.3 is 10.4 Å². The van der Waals surface area contributed by atoms with Gasteiger partial charge in [-0.2, -0.15) is 0 Å². The molecule has 2 aliphatic carbocycles. The molecular formula is C17H16N2O5S2. The lowest BCUT2D eigenvalue weighted by Crippen LogP contribution is -2.36. The number of nitrogens with zero attached hydrogens (tertiary/aromatic N) is 1. The van der Waals surface area contributed by atoms with Gasteiger partial charge in [0, 0.05) is 6.26 Å². The summed E-state index contributed by atoms with van der Waals surface area (Å²) < 4.78 is 24.0. The van der Waals surface area contributed by atoms with Gasteiger partial charge in [-0.1, -0.05) is 23.5 Å². The van der Waals surface area contributed by atoms with E-state index in [9.17, 15) is 23.1 Å². The average molecular weight is 392 g/mol. The first kappa shape index (κ1) is 17.2. The molecule has 4 rings (SSSR count). The fraction of sp³-hybridized carbons (Fsp3) is 0.353. The van der Waals surface area contributed by atoms with E-state index in [1.54, 1.807) is 6.07 Å². The van der Waals surface area contributed by atoms with Gasteiger partial charge in [-0.05, 0) is 36.5 Å². The van der Waals surface area contributed by atoms with Crippen LogP contribution >= 0.6 is 11.3 Å². The highest BCUT2D eigenvalue weighted by molar-refractivity contribution is 7.90. The second-order valence-corrected chi connectivity index (χ2v) is 9.79. The van der Waals surface area contributed by atoms with Gasteiger partial charge in [-0.3, -0.25) is 9.59 Å². The molecule has 26 heavy (non-hydrogen) atoms. The molecule has 1 saturated carbocycles. The Balaban J connectivity index is 1.60. The third-order valence-electron chi connectivity index (χ3n) is 5.07. The number of aliphatic carboxylic acids is 1. The molecule has 1 fully saturated rings. The smallest absolute Gasteiger partial charge is 0.307 e. The largest absolute Gasteiger partial charge is 0.481 e. The molecular weight excluding hydrogens is 376 g/mol. The molecule has 0 saturated heterocycles. The first-order valence-corrected chi connectivity index (χ1v) is 10.8. The number of amides is 1. The number of nitrogens with one attached hydrogen (secondary N) is 1. The van der Waals surface area contributed by atoms with Crippen molar-refractivity contribution >= 4 is 48.4 Å². The lowest BCUT2D eigenvalue weighted by Gasteiger charge is -2.23. The number of carbonyl (C=O) groups is 2.